The van der Waals surface area contributed by atoms with Gasteiger partial charge < -0.3 is 14.4 Å². The number of Topliss-reactive ketones (excluding diaryl/α,β-unsaturated/α-hetero) is 1. The van der Waals surface area contributed by atoms with Crippen molar-refractivity contribution in [3.63, 3.8) is 0 Å². The highest BCUT2D eigenvalue weighted by Gasteiger charge is 2.11. The van der Waals surface area contributed by atoms with Crippen LogP contribution in [-0.4, -0.2) is 37.4 Å². The first-order valence-electron chi connectivity index (χ1n) is 8.61. The van der Waals surface area contributed by atoms with Gasteiger partial charge in [0.25, 0.3) is 0 Å². The first-order chi connectivity index (χ1) is 12.5. The topological polar surface area (TPSA) is 55.8 Å². The van der Waals surface area contributed by atoms with E-state index in [4.69, 9.17) is 9.47 Å². The summed E-state index contributed by atoms with van der Waals surface area (Å²) in [5, 5.41) is 0. The second-order valence-corrected chi connectivity index (χ2v) is 6.11. The third kappa shape index (κ3) is 5.62. The Bertz CT molecular complexity index is 743. The van der Waals surface area contributed by atoms with Gasteiger partial charge in [0, 0.05) is 25.6 Å². The molecule has 0 bridgehead atoms. The van der Waals surface area contributed by atoms with E-state index < -0.39 is 0 Å². The Morgan fingerprint density at radius 2 is 1.77 bits per heavy atom. The quantitative estimate of drug-likeness (QED) is 0.508. The summed E-state index contributed by atoms with van der Waals surface area (Å²) in [6, 6.07) is 15.0. The van der Waals surface area contributed by atoms with E-state index in [-0.39, 0.29) is 11.7 Å². The maximum atomic E-state index is 12.2. The first kappa shape index (κ1) is 19.5. The molecule has 1 amide bonds. The zero-order valence-electron chi connectivity index (χ0n) is 15.5. The van der Waals surface area contributed by atoms with Gasteiger partial charge in [-0.3, -0.25) is 9.59 Å². The summed E-state index contributed by atoms with van der Waals surface area (Å²) in [5.41, 5.74) is 1.68. The van der Waals surface area contributed by atoms with E-state index >= 15 is 0 Å². The van der Waals surface area contributed by atoms with Gasteiger partial charge in [-0.15, -0.1) is 0 Å². The third-order valence-corrected chi connectivity index (χ3v) is 4.05. The Hall–Kier alpha value is -2.82. The second kappa shape index (κ2) is 9.61. The SMILES string of the molecule is COc1cc(C(C)=O)ccc1OCCCC(=O)N(C)Cc1ccccc1. The van der Waals surface area contributed by atoms with E-state index in [1.165, 1.54) is 14.0 Å². The van der Waals surface area contributed by atoms with Gasteiger partial charge in [0.05, 0.1) is 13.7 Å². The van der Waals surface area contributed by atoms with Crippen molar-refractivity contribution in [2.24, 2.45) is 0 Å². The highest BCUT2D eigenvalue weighted by Crippen LogP contribution is 2.28. The fourth-order valence-electron chi connectivity index (χ4n) is 2.55. The number of hydrogen-bond donors (Lipinski definition) is 0. The molecule has 5 nitrogen and oxygen atoms in total. The Morgan fingerprint density at radius 1 is 1.04 bits per heavy atom. The third-order valence-electron chi connectivity index (χ3n) is 4.05. The summed E-state index contributed by atoms with van der Waals surface area (Å²) in [5.74, 6) is 1.14. The van der Waals surface area contributed by atoms with Crippen LogP contribution in [0.4, 0.5) is 0 Å². The summed E-state index contributed by atoms with van der Waals surface area (Å²) in [4.78, 5) is 25.3. The van der Waals surface area contributed by atoms with Crippen LogP contribution in [0.5, 0.6) is 11.5 Å². The van der Waals surface area contributed by atoms with Crippen LogP contribution in [0.25, 0.3) is 0 Å². The monoisotopic (exact) mass is 355 g/mol. The zero-order chi connectivity index (χ0) is 18.9. The normalized spacial score (nSPS) is 10.3. The molecule has 0 spiro atoms. The molecule has 2 aromatic rings. The summed E-state index contributed by atoms with van der Waals surface area (Å²) in [6.07, 6.45) is 1.02. The molecule has 0 unspecified atom stereocenters. The minimum absolute atomic E-state index is 0.0260. The van der Waals surface area contributed by atoms with Crippen molar-refractivity contribution in [1.82, 2.24) is 4.90 Å². The van der Waals surface area contributed by atoms with Crippen molar-refractivity contribution < 1.29 is 19.1 Å². The van der Waals surface area contributed by atoms with Crippen LogP contribution in [0.2, 0.25) is 0 Å². The van der Waals surface area contributed by atoms with Crippen LogP contribution in [0, 0.1) is 0 Å². The zero-order valence-corrected chi connectivity index (χ0v) is 15.5. The molecule has 2 aromatic carbocycles. The smallest absolute Gasteiger partial charge is 0.222 e. The van der Waals surface area contributed by atoms with Gasteiger partial charge in [-0.25, -0.2) is 0 Å². The van der Waals surface area contributed by atoms with Crippen molar-refractivity contribution in [3.8, 4) is 11.5 Å². The molecule has 2 rings (SSSR count). The minimum atomic E-state index is -0.0260. The summed E-state index contributed by atoms with van der Waals surface area (Å²) in [6.45, 7) is 2.51. The molecule has 0 aromatic heterocycles. The van der Waals surface area contributed by atoms with Gasteiger partial charge in [-0.1, -0.05) is 30.3 Å². The lowest BCUT2D eigenvalue weighted by molar-refractivity contribution is -0.130. The molecule has 0 aliphatic carbocycles. The van der Waals surface area contributed by atoms with Crippen molar-refractivity contribution in [3.05, 3.63) is 59.7 Å². The maximum Gasteiger partial charge on any atom is 0.222 e. The Labute approximate surface area is 154 Å². The lowest BCUT2D eigenvalue weighted by Crippen LogP contribution is -2.26. The van der Waals surface area contributed by atoms with Gasteiger partial charge in [0.1, 0.15) is 0 Å². The van der Waals surface area contributed by atoms with Gasteiger partial charge in [0.15, 0.2) is 17.3 Å². The average molecular weight is 355 g/mol. The molecule has 26 heavy (non-hydrogen) atoms. The molecule has 138 valence electrons. The van der Waals surface area contributed by atoms with Gasteiger partial charge in [-0.05, 0) is 37.1 Å². The lowest BCUT2D eigenvalue weighted by Gasteiger charge is -2.17. The largest absolute Gasteiger partial charge is 0.493 e. The molecule has 0 atom stereocenters. The van der Waals surface area contributed by atoms with Crippen molar-refractivity contribution in [1.29, 1.82) is 0 Å². The van der Waals surface area contributed by atoms with Crippen LogP contribution in [0.1, 0.15) is 35.7 Å². The predicted octanol–water partition coefficient (Wildman–Crippen LogP) is 3.72. The van der Waals surface area contributed by atoms with Crippen LogP contribution < -0.4 is 9.47 Å². The van der Waals surface area contributed by atoms with Crippen LogP contribution in [0.15, 0.2) is 48.5 Å². The molecule has 0 saturated carbocycles. The van der Waals surface area contributed by atoms with Gasteiger partial charge in [-0.2, -0.15) is 0 Å². The number of methoxy groups -OCH3 is 1. The molecular weight excluding hydrogens is 330 g/mol. The fourth-order valence-corrected chi connectivity index (χ4v) is 2.55. The van der Waals surface area contributed by atoms with Crippen molar-refractivity contribution >= 4 is 11.7 Å². The number of hydrogen-bond acceptors (Lipinski definition) is 4. The highest BCUT2D eigenvalue weighted by molar-refractivity contribution is 5.94. The van der Waals surface area contributed by atoms with E-state index in [0.717, 1.165) is 5.56 Å². The van der Waals surface area contributed by atoms with Crippen molar-refractivity contribution in [2.75, 3.05) is 20.8 Å². The number of amides is 1. The predicted molar refractivity (Wildman–Crippen MR) is 101 cm³/mol. The Kier molecular flexibility index (Phi) is 7.21. The standard InChI is InChI=1S/C21H25NO4/c1-16(23)18-11-12-19(20(14-18)25-3)26-13-7-10-21(24)22(2)15-17-8-5-4-6-9-17/h4-6,8-9,11-12,14H,7,10,13,15H2,1-3H3. The minimum Gasteiger partial charge on any atom is -0.493 e. The molecule has 0 heterocycles. The maximum absolute atomic E-state index is 12.2. The van der Waals surface area contributed by atoms with Gasteiger partial charge in [0.2, 0.25) is 5.91 Å². The molecular formula is C21H25NO4. The number of carbonyl (C=O) groups is 2. The van der Waals surface area contributed by atoms with E-state index in [9.17, 15) is 9.59 Å². The number of benzene rings is 2. The van der Waals surface area contributed by atoms with E-state index in [1.807, 2.05) is 30.3 Å². The lowest BCUT2D eigenvalue weighted by atomic mass is 10.1. The number of carbonyl (C=O) groups excluding carboxylic acids is 2. The molecule has 0 aliphatic rings. The van der Waals surface area contributed by atoms with E-state index in [1.54, 1.807) is 30.1 Å². The number of rotatable bonds is 9. The number of ether oxygens (including phenoxy) is 2. The molecule has 0 aliphatic heterocycles. The molecule has 0 saturated heterocycles. The Morgan fingerprint density at radius 3 is 2.42 bits per heavy atom. The van der Waals surface area contributed by atoms with Crippen molar-refractivity contribution in [2.45, 2.75) is 26.3 Å². The summed E-state index contributed by atoms with van der Waals surface area (Å²) < 4.78 is 11.0. The molecule has 0 fully saturated rings. The number of nitrogens with zero attached hydrogens (tertiary/aromatic N) is 1. The van der Waals surface area contributed by atoms with E-state index in [2.05, 4.69) is 0 Å². The molecule has 0 N–H and O–H groups in total. The molecule has 0 radical (unpaired) electrons. The van der Waals surface area contributed by atoms with E-state index in [0.29, 0.717) is 43.1 Å². The average Bonchev–Trinajstić information content (AvgIpc) is 2.65. The number of ketones is 1. The van der Waals surface area contributed by atoms with Gasteiger partial charge >= 0.3 is 0 Å². The van der Waals surface area contributed by atoms with Crippen LogP contribution in [0.3, 0.4) is 0 Å². The summed E-state index contributed by atoms with van der Waals surface area (Å²) in [7, 11) is 3.34. The Balaban J connectivity index is 1.79. The van der Waals surface area contributed by atoms with Crippen LogP contribution >= 0.6 is 0 Å². The van der Waals surface area contributed by atoms with Crippen LogP contribution in [-0.2, 0) is 11.3 Å². The first-order valence-corrected chi connectivity index (χ1v) is 8.61. The second-order valence-electron chi connectivity index (χ2n) is 6.11. The summed E-state index contributed by atoms with van der Waals surface area (Å²) >= 11 is 0. The highest BCUT2D eigenvalue weighted by atomic mass is 16.5. The fraction of sp³-hybridized carbons (Fsp3) is 0.333. The molecule has 5 heteroatoms.